The van der Waals surface area contributed by atoms with Crippen LogP contribution in [-0.4, -0.2) is 31.7 Å². The van der Waals surface area contributed by atoms with Gasteiger partial charge in [-0.25, -0.2) is 4.79 Å². The van der Waals surface area contributed by atoms with Crippen LogP contribution in [-0.2, 0) is 4.79 Å². The lowest BCUT2D eigenvalue weighted by Crippen LogP contribution is -2.24. The molecule has 1 aromatic carbocycles. The monoisotopic (exact) mass is 338 g/mol. The first kappa shape index (κ1) is 16.4. The number of non-ortho nitro benzene ring substituents is 1. The lowest BCUT2D eigenvalue weighted by atomic mass is 10.2. The van der Waals surface area contributed by atoms with Crippen LogP contribution in [0.25, 0.3) is 0 Å². The van der Waals surface area contributed by atoms with Gasteiger partial charge in [0.25, 0.3) is 5.69 Å². The SMILES string of the molecule is CC(C(=O)Nc1ccc([N+](=O)[O-])cc1Cl)n1ccc(C(=O)O)n1. The Morgan fingerprint density at radius 3 is 2.65 bits per heavy atom. The Labute approximate surface area is 134 Å². The normalized spacial score (nSPS) is 11.7. The molecule has 1 amide bonds. The molecule has 0 radical (unpaired) electrons. The Bertz CT molecular complexity index is 788. The Kier molecular flexibility index (Phi) is 4.60. The molecule has 0 fully saturated rings. The van der Waals surface area contributed by atoms with Gasteiger partial charge >= 0.3 is 5.97 Å². The number of carbonyl (C=O) groups excluding carboxylic acids is 1. The highest BCUT2D eigenvalue weighted by Gasteiger charge is 2.19. The first-order valence-corrected chi connectivity index (χ1v) is 6.70. The molecule has 1 atom stereocenters. The van der Waals surface area contributed by atoms with Crippen LogP contribution in [0.3, 0.4) is 0 Å². The minimum atomic E-state index is -1.20. The summed E-state index contributed by atoms with van der Waals surface area (Å²) in [4.78, 5) is 33.0. The molecule has 2 aromatic rings. The summed E-state index contributed by atoms with van der Waals surface area (Å²) in [6.07, 6.45) is 1.37. The second-order valence-corrected chi connectivity index (χ2v) is 4.98. The van der Waals surface area contributed by atoms with E-state index >= 15 is 0 Å². The topological polar surface area (TPSA) is 127 Å². The van der Waals surface area contributed by atoms with E-state index in [9.17, 15) is 19.7 Å². The van der Waals surface area contributed by atoms with Crippen LogP contribution >= 0.6 is 11.6 Å². The first-order valence-electron chi connectivity index (χ1n) is 6.33. The standard InChI is InChI=1S/C13H11ClN4O5/c1-7(17-5-4-11(16-17)13(20)21)12(19)15-10-3-2-8(18(22)23)6-9(10)14/h2-7H,1H3,(H,15,19)(H,20,21). The number of carboxylic acid groups (broad SMARTS) is 1. The van der Waals surface area contributed by atoms with Crippen LogP contribution in [0.4, 0.5) is 11.4 Å². The highest BCUT2D eigenvalue weighted by molar-refractivity contribution is 6.34. The van der Waals surface area contributed by atoms with Crippen LogP contribution in [0, 0.1) is 10.1 Å². The number of anilines is 1. The fraction of sp³-hybridized carbons (Fsp3) is 0.154. The summed E-state index contributed by atoms with van der Waals surface area (Å²) in [5, 5.41) is 25.7. The van der Waals surface area contributed by atoms with E-state index in [0.29, 0.717) is 0 Å². The molecule has 0 spiro atoms. The third-order valence-electron chi connectivity index (χ3n) is 3.03. The van der Waals surface area contributed by atoms with E-state index in [1.807, 2.05) is 0 Å². The minimum absolute atomic E-state index is 0.0199. The molecule has 1 unspecified atom stereocenters. The maximum atomic E-state index is 12.2. The number of hydrogen-bond donors (Lipinski definition) is 2. The molecule has 2 rings (SSSR count). The molecule has 120 valence electrons. The zero-order valence-electron chi connectivity index (χ0n) is 11.8. The molecule has 2 N–H and O–H groups in total. The van der Waals surface area contributed by atoms with E-state index < -0.39 is 22.8 Å². The van der Waals surface area contributed by atoms with Crippen molar-refractivity contribution in [1.29, 1.82) is 0 Å². The van der Waals surface area contributed by atoms with E-state index in [1.54, 1.807) is 0 Å². The zero-order chi connectivity index (χ0) is 17.1. The number of aromatic carboxylic acids is 1. The molecule has 0 saturated carbocycles. The van der Waals surface area contributed by atoms with Gasteiger partial charge in [0, 0.05) is 18.3 Å². The summed E-state index contributed by atoms with van der Waals surface area (Å²) >= 11 is 5.89. The van der Waals surface area contributed by atoms with E-state index in [2.05, 4.69) is 10.4 Å². The van der Waals surface area contributed by atoms with Crippen LogP contribution in [0.5, 0.6) is 0 Å². The smallest absolute Gasteiger partial charge is 0.356 e. The number of nitro benzene ring substituents is 1. The molecule has 0 bridgehead atoms. The molecular weight excluding hydrogens is 328 g/mol. The number of carbonyl (C=O) groups is 2. The van der Waals surface area contributed by atoms with Gasteiger partial charge in [0.2, 0.25) is 5.91 Å². The highest BCUT2D eigenvalue weighted by Crippen LogP contribution is 2.27. The number of amides is 1. The lowest BCUT2D eigenvalue weighted by molar-refractivity contribution is -0.384. The van der Waals surface area contributed by atoms with Gasteiger partial charge in [-0.05, 0) is 19.1 Å². The number of carboxylic acids is 1. The summed E-state index contributed by atoms with van der Waals surface area (Å²) in [6.45, 7) is 1.52. The van der Waals surface area contributed by atoms with Crippen LogP contribution < -0.4 is 5.32 Å². The molecule has 10 heteroatoms. The number of halogens is 1. The molecule has 0 aliphatic rings. The number of hydrogen-bond acceptors (Lipinski definition) is 5. The summed E-state index contributed by atoms with van der Waals surface area (Å²) in [6, 6.07) is 4.12. The number of aromatic nitrogens is 2. The summed E-state index contributed by atoms with van der Waals surface area (Å²) in [5.74, 6) is -1.70. The highest BCUT2D eigenvalue weighted by atomic mass is 35.5. The third-order valence-corrected chi connectivity index (χ3v) is 3.34. The Morgan fingerprint density at radius 2 is 2.13 bits per heavy atom. The fourth-order valence-corrected chi connectivity index (χ4v) is 1.97. The van der Waals surface area contributed by atoms with E-state index in [0.717, 1.165) is 6.07 Å². The maximum absolute atomic E-state index is 12.2. The van der Waals surface area contributed by atoms with Crippen LogP contribution in [0.15, 0.2) is 30.5 Å². The van der Waals surface area contributed by atoms with Gasteiger partial charge in [-0.3, -0.25) is 19.6 Å². The van der Waals surface area contributed by atoms with Crippen molar-refractivity contribution in [2.24, 2.45) is 0 Å². The van der Waals surface area contributed by atoms with E-state index in [4.69, 9.17) is 16.7 Å². The van der Waals surface area contributed by atoms with Gasteiger partial charge in [0.1, 0.15) is 6.04 Å². The van der Waals surface area contributed by atoms with E-state index in [-0.39, 0.29) is 22.1 Å². The lowest BCUT2D eigenvalue weighted by Gasteiger charge is -2.13. The van der Waals surface area contributed by atoms with Crippen LogP contribution in [0.1, 0.15) is 23.5 Å². The first-order chi connectivity index (χ1) is 10.8. The quantitative estimate of drug-likeness (QED) is 0.636. The summed E-state index contributed by atoms with van der Waals surface area (Å²) in [7, 11) is 0. The molecule has 1 heterocycles. The summed E-state index contributed by atoms with van der Waals surface area (Å²) in [5.41, 5.74) is -0.169. The fourth-order valence-electron chi connectivity index (χ4n) is 1.74. The van der Waals surface area contributed by atoms with Gasteiger partial charge in [0.15, 0.2) is 5.69 Å². The number of benzene rings is 1. The largest absolute Gasteiger partial charge is 0.476 e. The van der Waals surface area contributed by atoms with Gasteiger partial charge in [-0.1, -0.05) is 11.6 Å². The van der Waals surface area contributed by atoms with Crippen molar-refractivity contribution in [3.05, 3.63) is 51.3 Å². The number of nitro groups is 1. The maximum Gasteiger partial charge on any atom is 0.356 e. The van der Waals surface area contributed by atoms with Gasteiger partial charge in [0.05, 0.1) is 15.6 Å². The predicted molar refractivity (Wildman–Crippen MR) is 80.6 cm³/mol. The predicted octanol–water partition coefficient (Wildman–Crippen LogP) is 2.34. The average Bonchev–Trinajstić information content (AvgIpc) is 2.98. The number of nitrogens with one attached hydrogen (secondary N) is 1. The van der Waals surface area contributed by atoms with Gasteiger partial charge < -0.3 is 10.4 Å². The zero-order valence-corrected chi connectivity index (χ0v) is 12.5. The van der Waals surface area contributed by atoms with Crippen molar-refractivity contribution in [2.75, 3.05) is 5.32 Å². The molecule has 0 aliphatic carbocycles. The number of nitrogens with zero attached hydrogens (tertiary/aromatic N) is 3. The van der Waals surface area contributed by atoms with Crippen LogP contribution in [0.2, 0.25) is 5.02 Å². The van der Waals surface area contributed by atoms with Crippen molar-refractivity contribution in [1.82, 2.24) is 9.78 Å². The second-order valence-electron chi connectivity index (χ2n) is 4.57. The van der Waals surface area contributed by atoms with Gasteiger partial charge in [-0.15, -0.1) is 0 Å². The molecule has 9 nitrogen and oxygen atoms in total. The second kappa shape index (κ2) is 6.44. The van der Waals surface area contributed by atoms with Crippen molar-refractivity contribution in [3.8, 4) is 0 Å². The molecule has 23 heavy (non-hydrogen) atoms. The van der Waals surface area contributed by atoms with E-state index in [1.165, 1.54) is 36.0 Å². The van der Waals surface area contributed by atoms with Crippen molar-refractivity contribution in [3.63, 3.8) is 0 Å². The van der Waals surface area contributed by atoms with Crippen molar-refractivity contribution >= 4 is 34.9 Å². The van der Waals surface area contributed by atoms with Crippen molar-refractivity contribution in [2.45, 2.75) is 13.0 Å². The Balaban J connectivity index is 2.14. The summed E-state index contributed by atoms with van der Waals surface area (Å²) < 4.78 is 1.19. The number of rotatable bonds is 5. The third kappa shape index (κ3) is 3.64. The average molecular weight is 339 g/mol. The molecule has 1 aromatic heterocycles. The molecule has 0 saturated heterocycles. The molecular formula is C13H11ClN4O5. The Hall–Kier alpha value is -2.94. The molecule has 0 aliphatic heterocycles. The minimum Gasteiger partial charge on any atom is -0.476 e. The Morgan fingerprint density at radius 1 is 1.43 bits per heavy atom. The van der Waals surface area contributed by atoms with Gasteiger partial charge in [-0.2, -0.15) is 5.10 Å². The van der Waals surface area contributed by atoms with Crippen molar-refractivity contribution < 1.29 is 19.6 Å².